The summed E-state index contributed by atoms with van der Waals surface area (Å²) in [5.41, 5.74) is 1.21. The van der Waals surface area contributed by atoms with Gasteiger partial charge in [-0.05, 0) is 57.3 Å². The Morgan fingerprint density at radius 1 is 0.600 bits per heavy atom. The molecule has 1 aliphatic rings. The number of hydrogen-bond acceptors (Lipinski definition) is 4. The lowest BCUT2D eigenvalue weighted by Gasteiger charge is -2.20. The van der Waals surface area contributed by atoms with E-state index in [1.165, 1.54) is 141 Å². The number of nitrogens with zero attached hydrogens (tertiary/aromatic N) is 1. The number of likely N-dealkylation sites (tertiary alicyclic amines) is 1. The summed E-state index contributed by atoms with van der Waals surface area (Å²) in [5, 5.41) is 0. The molecule has 232 valence electrons. The van der Waals surface area contributed by atoms with Gasteiger partial charge in [-0.15, -0.1) is 0 Å². The first kappa shape index (κ1) is 35.3. The van der Waals surface area contributed by atoms with Crippen molar-refractivity contribution in [3.05, 3.63) is 35.9 Å². The molecule has 0 aliphatic carbocycles. The van der Waals surface area contributed by atoms with Gasteiger partial charge < -0.3 is 19.1 Å². The van der Waals surface area contributed by atoms with E-state index < -0.39 is 0 Å². The third-order valence-electron chi connectivity index (χ3n) is 8.29. The Balaban J connectivity index is 1.46. The van der Waals surface area contributed by atoms with Crippen LogP contribution in [0.3, 0.4) is 0 Å². The number of unbranched alkanes of at least 4 members (excludes halogenated alkanes) is 14. The Hall–Kier alpha value is -0.940. The van der Waals surface area contributed by atoms with Gasteiger partial charge in [0.15, 0.2) is 0 Å². The zero-order chi connectivity index (χ0) is 28.2. The van der Waals surface area contributed by atoms with Crippen molar-refractivity contribution in [3.63, 3.8) is 0 Å². The maximum absolute atomic E-state index is 6.21. The highest BCUT2D eigenvalue weighted by molar-refractivity contribution is 5.13. The van der Waals surface area contributed by atoms with Crippen LogP contribution in [0.15, 0.2) is 30.3 Å². The molecule has 1 aromatic rings. The molecule has 0 N–H and O–H groups in total. The highest BCUT2D eigenvalue weighted by atomic mass is 16.6. The summed E-state index contributed by atoms with van der Waals surface area (Å²) in [6.07, 6.45) is 27.3. The van der Waals surface area contributed by atoms with E-state index >= 15 is 0 Å². The lowest BCUT2D eigenvalue weighted by Crippen LogP contribution is -2.27. The van der Waals surface area contributed by atoms with Crippen LogP contribution in [-0.2, 0) is 20.8 Å². The van der Waals surface area contributed by atoms with Crippen LogP contribution in [0.5, 0.6) is 0 Å². The van der Waals surface area contributed by atoms with Gasteiger partial charge in [0, 0.05) is 13.2 Å². The van der Waals surface area contributed by atoms with E-state index in [2.05, 4.69) is 42.2 Å². The third-order valence-corrected chi connectivity index (χ3v) is 8.29. The Morgan fingerprint density at radius 2 is 1.10 bits per heavy atom. The SMILES string of the molecule is CCCCCCCCCCCCCCCCOCC(COCCCCN1CCCCCC1)OCc1ccccc1. The number of hydrogen-bond donors (Lipinski definition) is 0. The highest BCUT2D eigenvalue weighted by Crippen LogP contribution is 2.14. The number of ether oxygens (including phenoxy) is 3. The minimum absolute atomic E-state index is 0.00235. The summed E-state index contributed by atoms with van der Waals surface area (Å²) in [5.74, 6) is 0. The van der Waals surface area contributed by atoms with Crippen molar-refractivity contribution in [2.24, 2.45) is 0 Å². The summed E-state index contributed by atoms with van der Waals surface area (Å²) in [7, 11) is 0. The molecule has 4 nitrogen and oxygen atoms in total. The van der Waals surface area contributed by atoms with Crippen LogP contribution in [0.2, 0.25) is 0 Å². The summed E-state index contributed by atoms with van der Waals surface area (Å²) in [4.78, 5) is 2.64. The predicted octanol–water partition coefficient (Wildman–Crippen LogP) is 9.74. The highest BCUT2D eigenvalue weighted by Gasteiger charge is 2.12. The molecule has 0 amide bonds. The summed E-state index contributed by atoms with van der Waals surface area (Å²) in [6.45, 7) is 9.60. The molecule has 1 aliphatic heterocycles. The number of benzene rings is 1. The minimum atomic E-state index is -0.00235. The van der Waals surface area contributed by atoms with Crippen LogP contribution in [-0.4, -0.2) is 57.1 Å². The molecule has 1 saturated heterocycles. The zero-order valence-corrected chi connectivity index (χ0v) is 26.4. The quantitative estimate of drug-likeness (QED) is 0.100. The van der Waals surface area contributed by atoms with Gasteiger partial charge in [0.25, 0.3) is 0 Å². The van der Waals surface area contributed by atoms with Gasteiger partial charge in [-0.3, -0.25) is 0 Å². The molecule has 0 bridgehead atoms. The second kappa shape index (κ2) is 26.9. The summed E-state index contributed by atoms with van der Waals surface area (Å²) >= 11 is 0. The van der Waals surface area contributed by atoms with Crippen molar-refractivity contribution >= 4 is 0 Å². The van der Waals surface area contributed by atoms with Gasteiger partial charge in [-0.2, -0.15) is 0 Å². The van der Waals surface area contributed by atoms with E-state index in [0.29, 0.717) is 19.8 Å². The fourth-order valence-corrected chi connectivity index (χ4v) is 5.66. The van der Waals surface area contributed by atoms with E-state index in [-0.39, 0.29) is 6.10 Å². The first-order valence-corrected chi connectivity index (χ1v) is 17.4. The van der Waals surface area contributed by atoms with E-state index in [4.69, 9.17) is 14.2 Å². The Morgan fingerprint density at radius 3 is 1.65 bits per heavy atom. The molecule has 1 atom stereocenters. The van der Waals surface area contributed by atoms with Crippen LogP contribution >= 0.6 is 0 Å². The predicted molar refractivity (Wildman–Crippen MR) is 171 cm³/mol. The molecule has 4 heteroatoms. The molecule has 1 unspecified atom stereocenters. The average Bonchev–Trinajstić information content (AvgIpc) is 3.26. The van der Waals surface area contributed by atoms with Gasteiger partial charge in [0.2, 0.25) is 0 Å². The molecule has 0 aromatic heterocycles. The van der Waals surface area contributed by atoms with Crippen LogP contribution in [0.1, 0.15) is 141 Å². The van der Waals surface area contributed by atoms with Gasteiger partial charge in [0.05, 0.1) is 19.8 Å². The lowest BCUT2D eigenvalue weighted by atomic mass is 10.0. The van der Waals surface area contributed by atoms with Crippen molar-refractivity contribution in [2.45, 2.75) is 148 Å². The average molecular weight is 560 g/mol. The largest absolute Gasteiger partial charge is 0.379 e. The fourth-order valence-electron chi connectivity index (χ4n) is 5.66. The van der Waals surface area contributed by atoms with E-state index in [1.54, 1.807) is 0 Å². The second-order valence-corrected chi connectivity index (χ2v) is 12.1. The van der Waals surface area contributed by atoms with Gasteiger partial charge in [-0.1, -0.05) is 134 Å². The normalized spacial score (nSPS) is 15.3. The van der Waals surface area contributed by atoms with Crippen LogP contribution in [0.4, 0.5) is 0 Å². The Kier molecular flexibility index (Phi) is 23.7. The third kappa shape index (κ3) is 20.9. The smallest absolute Gasteiger partial charge is 0.105 e. The van der Waals surface area contributed by atoms with Gasteiger partial charge >= 0.3 is 0 Å². The van der Waals surface area contributed by atoms with Crippen molar-refractivity contribution < 1.29 is 14.2 Å². The molecule has 0 radical (unpaired) electrons. The molecule has 1 fully saturated rings. The maximum atomic E-state index is 6.21. The van der Waals surface area contributed by atoms with E-state index in [0.717, 1.165) is 26.1 Å². The molecule has 2 rings (SSSR count). The van der Waals surface area contributed by atoms with E-state index in [1.807, 2.05) is 0 Å². The molecular weight excluding hydrogens is 494 g/mol. The van der Waals surface area contributed by atoms with Crippen molar-refractivity contribution in [3.8, 4) is 0 Å². The summed E-state index contributed by atoms with van der Waals surface area (Å²) < 4.78 is 18.3. The van der Waals surface area contributed by atoms with Crippen molar-refractivity contribution in [1.29, 1.82) is 0 Å². The molecule has 0 saturated carbocycles. The summed E-state index contributed by atoms with van der Waals surface area (Å²) in [6, 6.07) is 10.4. The standard InChI is InChI=1S/C36H65NO3/c1-2-3-4-5-6-7-8-9-10-11-12-13-16-23-30-38-33-36(40-32-35-25-18-17-19-26-35)34-39-31-24-22-29-37-27-20-14-15-21-28-37/h17-19,25-26,36H,2-16,20-24,27-34H2,1H3. The molecule has 0 spiro atoms. The Bertz CT molecular complexity index is 632. The van der Waals surface area contributed by atoms with Crippen LogP contribution in [0, 0.1) is 0 Å². The molecule has 40 heavy (non-hydrogen) atoms. The van der Waals surface area contributed by atoms with Crippen molar-refractivity contribution in [1.82, 2.24) is 4.90 Å². The van der Waals surface area contributed by atoms with Crippen molar-refractivity contribution in [2.75, 3.05) is 46.1 Å². The Labute approximate surface area is 248 Å². The van der Waals surface area contributed by atoms with Crippen LogP contribution in [0.25, 0.3) is 0 Å². The first-order chi connectivity index (χ1) is 19.9. The first-order valence-electron chi connectivity index (χ1n) is 17.4. The number of rotatable bonds is 27. The minimum Gasteiger partial charge on any atom is -0.379 e. The molecule has 1 heterocycles. The molecular formula is C36H65NO3. The molecule has 1 aromatic carbocycles. The van der Waals surface area contributed by atoms with Gasteiger partial charge in [-0.25, -0.2) is 0 Å². The fraction of sp³-hybridized carbons (Fsp3) is 0.833. The topological polar surface area (TPSA) is 30.9 Å². The second-order valence-electron chi connectivity index (χ2n) is 12.1. The zero-order valence-electron chi connectivity index (χ0n) is 26.4. The monoisotopic (exact) mass is 559 g/mol. The van der Waals surface area contributed by atoms with E-state index in [9.17, 15) is 0 Å². The maximum Gasteiger partial charge on any atom is 0.105 e. The lowest BCUT2D eigenvalue weighted by molar-refractivity contribution is -0.0674. The van der Waals surface area contributed by atoms with Gasteiger partial charge in [0.1, 0.15) is 6.10 Å². The van der Waals surface area contributed by atoms with Crippen LogP contribution < -0.4 is 0 Å².